The van der Waals surface area contributed by atoms with Gasteiger partial charge in [-0.2, -0.15) is 33.9 Å². The largest absolute Gasteiger partial charge is 0.396 e. The van der Waals surface area contributed by atoms with Crippen LogP contribution in [0.2, 0.25) is 0 Å². The van der Waals surface area contributed by atoms with Crippen molar-refractivity contribution in [1.29, 1.82) is 10.5 Å². The average Bonchev–Trinajstić information content (AvgIpc) is 3.84. The average molecular weight is 952 g/mol. The maximum absolute atomic E-state index is 12.1. The standard InChI is InChI=1S/C37H37N13O8S5/c1-5-49(6-2)21-9-11-25(45-47-33-23(17-38)31(62(54)55)29(19-52)60-33)27(15-21)40-35-42-36(44-37(43-35)59-14-13-51)41-28-16-22(50(7-3)8-4)10-12-26(28)46-48-34-24(18-39)32(63(56,57)58)30(20-53)61-34/h9-12,15-16,19-20,51H,5-8,13-14H2,1-4H3,(H,54,55)(H,56,57,58)(H2,40,41,42,43,44). The molecular formula is C37H37N13O8S5. The lowest BCUT2D eigenvalue weighted by Gasteiger charge is -2.22. The van der Waals surface area contributed by atoms with Crippen LogP contribution in [0.15, 0.2) is 71.8 Å². The number of aromatic nitrogens is 3. The lowest BCUT2D eigenvalue weighted by Crippen LogP contribution is -2.21. The molecule has 2 aromatic carbocycles. The molecule has 5 aromatic rings. The van der Waals surface area contributed by atoms with Gasteiger partial charge in [0.15, 0.2) is 38.8 Å². The Hall–Kier alpha value is -6.10. The first-order chi connectivity index (χ1) is 30.3. The first-order valence-corrected chi connectivity index (χ1v) is 23.7. The summed E-state index contributed by atoms with van der Waals surface area (Å²) in [5, 5.41) is 52.3. The van der Waals surface area contributed by atoms with Crippen LogP contribution in [-0.2, 0) is 21.2 Å². The molecule has 1 atom stereocenters. The van der Waals surface area contributed by atoms with Crippen molar-refractivity contribution < 1.29 is 36.4 Å². The molecule has 5 rings (SSSR count). The molecule has 1 unspecified atom stereocenters. The zero-order valence-corrected chi connectivity index (χ0v) is 37.8. The summed E-state index contributed by atoms with van der Waals surface area (Å²) in [5.41, 5.74) is 1.79. The number of rotatable bonds is 21. The Morgan fingerprint density at radius 2 is 1.27 bits per heavy atom. The van der Waals surface area contributed by atoms with E-state index in [9.17, 15) is 47.0 Å². The lowest BCUT2D eigenvalue weighted by molar-refractivity contribution is 0.111. The van der Waals surface area contributed by atoms with Crippen LogP contribution in [0.25, 0.3) is 0 Å². The third-order valence-corrected chi connectivity index (χ3v) is 13.6. The second-order valence-corrected chi connectivity index (χ2v) is 17.8. The van der Waals surface area contributed by atoms with E-state index < -0.39 is 36.5 Å². The molecule has 328 valence electrons. The van der Waals surface area contributed by atoms with Crippen molar-refractivity contribution in [3.05, 3.63) is 57.3 Å². The second kappa shape index (κ2) is 21.8. The molecule has 0 bridgehead atoms. The zero-order valence-electron chi connectivity index (χ0n) is 33.7. The third-order valence-electron chi connectivity index (χ3n) is 8.76. The van der Waals surface area contributed by atoms with Gasteiger partial charge < -0.3 is 30.1 Å². The number of hydrogen-bond donors (Lipinski definition) is 5. The number of thioether (sulfide) groups is 1. The van der Waals surface area contributed by atoms with E-state index in [1.165, 1.54) is 0 Å². The number of nitrogens with zero attached hydrogens (tertiary/aromatic N) is 11. The maximum atomic E-state index is 12.1. The molecule has 5 N–H and O–H groups in total. The Labute approximate surface area is 375 Å². The van der Waals surface area contributed by atoms with Crippen molar-refractivity contribution >= 4 is 124 Å². The molecule has 0 fully saturated rings. The van der Waals surface area contributed by atoms with Gasteiger partial charge in [-0.1, -0.05) is 11.8 Å². The molecule has 0 saturated carbocycles. The van der Waals surface area contributed by atoms with Gasteiger partial charge in [0, 0.05) is 43.3 Å². The van der Waals surface area contributed by atoms with E-state index in [2.05, 4.69) is 55.8 Å². The van der Waals surface area contributed by atoms with E-state index in [0.29, 0.717) is 55.2 Å². The predicted octanol–water partition coefficient (Wildman–Crippen LogP) is 8.29. The van der Waals surface area contributed by atoms with Gasteiger partial charge >= 0.3 is 0 Å². The van der Waals surface area contributed by atoms with Crippen molar-refractivity contribution in [3.63, 3.8) is 0 Å². The van der Waals surface area contributed by atoms with E-state index in [1.54, 1.807) is 42.5 Å². The number of azo groups is 2. The number of nitrogens with one attached hydrogen (secondary N) is 2. The Morgan fingerprint density at radius 3 is 1.68 bits per heavy atom. The minimum Gasteiger partial charge on any atom is -0.396 e. The fourth-order valence-corrected chi connectivity index (χ4v) is 10.2. The molecule has 3 heterocycles. The molecule has 0 radical (unpaired) electrons. The molecule has 0 aliphatic heterocycles. The minimum atomic E-state index is -4.96. The van der Waals surface area contributed by atoms with Crippen LogP contribution < -0.4 is 20.4 Å². The first kappa shape index (κ1) is 47.9. The molecule has 21 nitrogen and oxygen atoms in total. The molecule has 0 saturated heterocycles. The SMILES string of the molecule is CCN(CC)c1ccc(N=Nc2sc(C=O)c(S(=O)O)c2C#N)c(Nc2nc(Nc3cc(N(CC)CC)ccc3N=Nc3sc(C=O)c(S(=O)(=O)O)c3C#N)nc(SCCO)n2)c1. The van der Waals surface area contributed by atoms with Crippen LogP contribution in [0.1, 0.15) is 58.2 Å². The number of carbonyl (C=O) groups is 2. The summed E-state index contributed by atoms with van der Waals surface area (Å²) in [6.45, 7) is 10.3. The summed E-state index contributed by atoms with van der Waals surface area (Å²) in [6.07, 6.45) is 0.561. The van der Waals surface area contributed by atoms with E-state index in [0.717, 1.165) is 34.5 Å². The summed E-state index contributed by atoms with van der Waals surface area (Å²) in [4.78, 5) is 39.4. The van der Waals surface area contributed by atoms with Gasteiger partial charge in [-0.3, -0.25) is 14.1 Å². The van der Waals surface area contributed by atoms with E-state index in [1.807, 2.05) is 33.8 Å². The van der Waals surface area contributed by atoms with Crippen molar-refractivity contribution in [2.24, 2.45) is 20.5 Å². The van der Waals surface area contributed by atoms with Gasteiger partial charge in [0.25, 0.3) is 10.1 Å². The van der Waals surface area contributed by atoms with Crippen LogP contribution in [0.3, 0.4) is 0 Å². The number of carbonyl (C=O) groups excluding carboxylic acids is 2. The van der Waals surface area contributed by atoms with Gasteiger partial charge in [-0.25, -0.2) is 4.21 Å². The Balaban J connectivity index is 1.63. The van der Waals surface area contributed by atoms with Crippen molar-refractivity contribution in [1.82, 2.24) is 15.0 Å². The fraction of sp³-hybridized carbons (Fsp3) is 0.270. The zero-order chi connectivity index (χ0) is 45.8. The Morgan fingerprint density at radius 1 is 0.794 bits per heavy atom. The normalized spacial score (nSPS) is 12.0. The highest BCUT2D eigenvalue weighted by Gasteiger charge is 2.28. The van der Waals surface area contributed by atoms with Crippen LogP contribution in [-0.4, -0.2) is 92.9 Å². The molecule has 63 heavy (non-hydrogen) atoms. The lowest BCUT2D eigenvalue weighted by atomic mass is 10.2. The second-order valence-electron chi connectivity index (χ2n) is 12.4. The van der Waals surface area contributed by atoms with Gasteiger partial charge in [-0.05, 0) is 64.1 Å². The maximum Gasteiger partial charge on any atom is 0.297 e. The van der Waals surface area contributed by atoms with Crippen LogP contribution in [0.4, 0.5) is 56.0 Å². The summed E-state index contributed by atoms with van der Waals surface area (Å²) in [6, 6.07) is 13.9. The highest BCUT2D eigenvalue weighted by molar-refractivity contribution is 7.99. The van der Waals surface area contributed by atoms with Crippen LogP contribution in [0.5, 0.6) is 0 Å². The Bertz CT molecular complexity index is 2790. The highest BCUT2D eigenvalue weighted by Crippen LogP contribution is 2.41. The van der Waals surface area contributed by atoms with Gasteiger partial charge in [0.2, 0.25) is 11.9 Å². The molecule has 0 aliphatic rings. The molecular weight excluding hydrogens is 915 g/mol. The summed E-state index contributed by atoms with van der Waals surface area (Å²) < 4.78 is 55.6. The van der Waals surface area contributed by atoms with Gasteiger partial charge in [0.1, 0.15) is 44.4 Å². The van der Waals surface area contributed by atoms with E-state index in [4.69, 9.17) is 0 Å². The van der Waals surface area contributed by atoms with E-state index >= 15 is 0 Å². The summed E-state index contributed by atoms with van der Waals surface area (Å²) in [5.74, 6) is 0.229. The van der Waals surface area contributed by atoms with E-state index in [-0.39, 0.29) is 72.4 Å². The Kier molecular flexibility index (Phi) is 16.6. The highest BCUT2D eigenvalue weighted by atomic mass is 32.2. The monoisotopic (exact) mass is 951 g/mol. The molecule has 0 amide bonds. The number of aldehydes is 2. The molecule has 3 aromatic heterocycles. The fourth-order valence-electron chi connectivity index (χ4n) is 5.87. The number of aliphatic hydroxyl groups excluding tert-OH is 1. The number of thiophene rings is 2. The van der Waals surface area contributed by atoms with Crippen LogP contribution >= 0.6 is 34.4 Å². The van der Waals surface area contributed by atoms with Crippen LogP contribution in [0, 0.1) is 22.7 Å². The molecule has 0 aliphatic carbocycles. The minimum absolute atomic E-state index is 0.00178. The number of nitriles is 2. The summed E-state index contributed by atoms with van der Waals surface area (Å²) in [7, 11) is -4.96. The van der Waals surface area contributed by atoms with Crippen molar-refractivity contribution in [2.45, 2.75) is 42.6 Å². The van der Waals surface area contributed by atoms with Crippen molar-refractivity contribution in [2.75, 3.05) is 59.0 Å². The quantitative estimate of drug-likeness (QED) is 0.0152. The van der Waals surface area contributed by atoms with Gasteiger partial charge in [-0.15, -0.1) is 43.1 Å². The molecule has 26 heteroatoms. The topological polar surface area (TPSA) is 312 Å². The first-order valence-electron chi connectivity index (χ1n) is 18.5. The van der Waals surface area contributed by atoms with Gasteiger partial charge in [0.05, 0.1) is 27.7 Å². The number of anilines is 6. The molecule has 0 spiro atoms. The van der Waals surface area contributed by atoms with Crippen molar-refractivity contribution in [3.8, 4) is 12.1 Å². The number of hydrogen-bond acceptors (Lipinski definition) is 22. The third kappa shape index (κ3) is 11.3. The smallest absolute Gasteiger partial charge is 0.297 e. The predicted molar refractivity (Wildman–Crippen MR) is 240 cm³/mol. The number of benzene rings is 2. The number of aliphatic hydroxyl groups is 1. The summed E-state index contributed by atoms with van der Waals surface area (Å²) >= 11 is -0.221.